The van der Waals surface area contributed by atoms with Crippen molar-refractivity contribution in [1.82, 2.24) is 19.9 Å². The molecule has 8 nitrogen and oxygen atoms in total. The van der Waals surface area contributed by atoms with E-state index in [1.807, 2.05) is 48.2 Å². The molecule has 1 aromatic heterocycles. The van der Waals surface area contributed by atoms with Crippen molar-refractivity contribution in [3.8, 4) is 0 Å². The summed E-state index contributed by atoms with van der Waals surface area (Å²) in [6, 6.07) is 11.7. The summed E-state index contributed by atoms with van der Waals surface area (Å²) in [6.45, 7) is 9.17. The molecule has 2 aromatic rings. The molecule has 2 aliphatic rings. The van der Waals surface area contributed by atoms with Gasteiger partial charge in [0.25, 0.3) is 5.91 Å². The number of rotatable bonds is 5. The molecule has 168 valence electrons. The molecule has 1 fully saturated rings. The minimum absolute atomic E-state index is 0.0460. The van der Waals surface area contributed by atoms with Gasteiger partial charge in [0.05, 0.1) is 6.54 Å². The molecule has 0 unspecified atom stereocenters. The molecule has 0 bridgehead atoms. The number of carbonyl (C=O) groups excluding carboxylic acids is 2. The Morgan fingerprint density at radius 2 is 1.75 bits per heavy atom. The van der Waals surface area contributed by atoms with Gasteiger partial charge < -0.3 is 9.80 Å². The van der Waals surface area contributed by atoms with E-state index >= 15 is 0 Å². The van der Waals surface area contributed by atoms with Crippen LogP contribution >= 0.6 is 0 Å². The summed E-state index contributed by atoms with van der Waals surface area (Å²) in [5, 5.41) is 5.86. The van der Waals surface area contributed by atoms with E-state index in [4.69, 9.17) is 4.98 Å². The Balaban J connectivity index is 1.41. The predicted octanol–water partition coefficient (Wildman–Crippen LogP) is 2.74. The molecule has 3 heterocycles. The normalized spacial score (nSPS) is 17.1. The summed E-state index contributed by atoms with van der Waals surface area (Å²) in [6.07, 6.45) is 0.710. The maximum atomic E-state index is 13.1. The van der Waals surface area contributed by atoms with Gasteiger partial charge in [-0.3, -0.25) is 9.59 Å². The second-order valence-electron chi connectivity index (χ2n) is 8.64. The standard InChI is InChI=1S/C24H30N6O2/c1-17(2)23-25-18(3)15-21(26-23)28-11-13-29(14-12-28)24(32)20-9-10-22(31)30(27-20)16-19-7-5-4-6-8-19/h4-8,15,17H,9-14,16H2,1-3H3. The molecule has 0 radical (unpaired) electrons. The van der Waals surface area contributed by atoms with Gasteiger partial charge in [-0.05, 0) is 12.5 Å². The van der Waals surface area contributed by atoms with Crippen molar-refractivity contribution in [1.29, 1.82) is 0 Å². The van der Waals surface area contributed by atoms with Crippen molar-refractivity contribution in [2.75, 3.05) is 31.1 Å². The first-order valence-corrected chi connectivity index (χ1v) is 11.2. The molecule has 0 saturated carbocycles. The van der Waals surface area contributed by atoms with E-state index in [1.165, 1.54) is 5.01 Å². The highest BCUT2D eigenvalue weighted by Crippen LogP contribution is 2.20. The van der Waals surface area contributed by atoms with Crippen molar-refractivity contribution in [3.05, 3.63) is 53.5 Å². The molecular weight excluding hydrogens is 404 g/mol. The van der Waals surface area contributed by atoms with Gasteiger partial charge in [0, 0.05) is 56.7 Å². The van der Waals surface area contributed by atoms with E-state index in [1.54, 1.807) is 0 Å². The molecule has 0 N–H and O–H groups in total. The average molecular weight is 435 g/mol. The van der Waals surface area contributed by atoms with E-state index < -0.39 is 0 Å². The Morgan fingerprint density at radius 3 is 2.44 bits per heavy atom. The van der Waals surface area contributed by atoms with Gasteiger partial charge in [-0.25, -0.2) is 15.0 Å². The minimum atomic E-state index is -0.0723. The monoisotopic (exact) mass is 434 g/mol. The number of carbonyl (C=O) groups is 2. The van der Waals surface area contributed by atoms with Gasteiger partial charge in [0.1, 0.15) is 17.4 Å². The molecule has 4 rings (SSSR count). The van der Waals surface area contributed by atoms with Crippen LogP contribution in [0.15, 0.2) is 41.5 Å². The molecule has 32 heavy (non-hydrogen) atoms. The number of piperazine rings is 1. The number of amides is 2. The molecule has 2 amide bonds. The maximum Gasteiger partial charge on any atom is 0.270 e. The number of benzene rings is 1. The lowest BCUT2D eigenvalue weighted by Crippen LogP contribution is -2.51. The second kappa shape index (κ2) is 9.46. The lowest BCUT2D eigenvalue weighted by molar-refractivity contribution is -0.132. The van der Waals surface area contributed by atoms with Crippen LogP contribution in [0.3, 0.4) is 0 Å². The molecular formula is C24H30N6O2. The van der Waals surface area contributed by atoms with Crippen LogP contribution in [0.1, 0.15) is 49.7 Å². The van der Waals surface area contributed by atoms with E-state index in [0.29, 0.717) is 51.3 Å². The zero-order valence-corrected chi connectivity index (χ0v) is 19.0. The van der Waals surface area contributed by atoms with Crippen molar-refractivity contribution >= 4 is 23.3 Å². The van der Waals surface area contributed by atoms with Crippen LogP contribution in [0.2, 0.25) is 0 Å². The molecule has 0 atom stereocenters. The third-order valence-electron chi connectivity index (χ3n) is 5.79. The first-order valence-electron chi connectivity index (χ1n) is 11.2. The summed E-state index contributed by atoms with van der Waals surface area (Å²) in [5.41, 5.74) is 2.42. The summed E-state index contributed by atoms with van der Waals surface area (Å²) < 4.78 is 0. The van der Waals surface area contributed by atoms with E-state index in [0.717, 1.165) is 22.9 Å². The van der Waals surface area contributed by atoms with Crippen LogP contribution in [-0.4, -0.2) is 63.6 Å². The second-order valence-corrected chi connectivity index (χ2v) is 8.64. The quantitative estimate of drug-likeness (QED) is 0.723. The Bertz CT molecular complexity index is 1010. The summed E-state index contributed by atoms with van der Waals surface area (Å²) in [7, 11) is 0. The number of hydrogen-bond acceptors (Lipinski definition) is 6. The van der Waals surface area contributed by atoms with E-state index in [2.05, 4.69) is 28.8 Å². The largest absolute Gasteiger partial charge is 0.353 e. The first-order chi connectivity index (χ1) is 15.4. The highest BCUT2D eigenvalue weighted by molar-refractivity contribution is 6.39. The number of hydrogen-bond donors (Lipinski definition) is 0. The lowest BCUT2D eigenvalue weighted by atomic mass is 10.1. The molecule has 1 aromatic carbocycles. The number of aromatic nitrogens is 2. The Hall–Kier alpha value is -3.29. The SMILES string of the molecule is Cc1cc(N2CCN(C(=O)C3=NN(Cc4ccccc4)C(=O)CC3)CC2)nc(C(C)C)n1. The van der Waals surface area contributed by atoms with Gasteiger partial charge in [0.15, 0.2) is 0 Å². The van der Waals surface area contributed by atoms with Crippen molar-refractivity contribution in [2.45, 2.75) is 46.1 Å². The first kappa shape index (κ1) is 21.9. The fraction of sp³-hybridized carbons (Fsp3) is 0.458. The van der Waals surface area contributed by atoms with Crippen LogP contribution in [-0.2, 0) is 16.1 Å². The minimum Gasteiger partial charge on any atom is -0.353 e. The van der Waals surface area contributed by atoms with Crippen molar-refractivity contribution < 1.29 is 9.59 Å². The van der Waals surface area contributed by atoms with Crippen LogP contribution in [0, 0.1) is 6.92 Å². The van der Waals surface area contributed by atoms with Crippen LogP contribution < -0.4 is 4.90 Å². The average Bonchev–Trinajstić information content (AvgIpc) is 2.80. The Kier molecular flexibility index (Phi) is 6.48. The molecule has 2 aliphatic heterocycles. The number of aryl methyl sites for hydroxylation is 1. The molecule has 8 heteroatoms. The number of nitrogens with zero attached hydrogens (tertiary/aromatic N) is 6. The highest BCUT2D eigenvalue weighted by Gasteiger charge is 2.30. The molecule has 0 spiro atoms. The fourth-order valence-electron chi connectivity index (χ4n) is 3.95. The highest BCUT2D eigenvalue weighted by atomic mass is 16.2. The van der Waals surface area contributed by atoms with Gasteiger partial charge in [-0.15, -0.1) is 0 Å². The van der Waals surface area contributed by atoms with Gasteiger partial charge in [0.2, 0.25) is 5.91 Å². The lowest BCUT2D eigenvalue weighted by Gasteiger charge is -2.36. The van der Waals surface area contributed by atoms with E-state index in [-0.39, 0.29) is 17.7 Å². The van der Waals surface area contributed by atoms with Crippen molar-refractivity contribution in [2.24, 2.45) is 5.10 Å². The van der Waals surface area contributed by atoms with Gasteiger partial charge >= 0.3 is 0 Å². The van der Waals surface area contributed by atoms with Crippen LogP contribution in [0.5, 0.6) is 0 Å². The fourth-order valence-corrected chi connectivity index (χ4v) is 3.95. The summed E-state index contributed by atoms with van der Waals surface area (Å²) >= 11 is 0. The predicted molar refractivity (Wildman–Crippen MR) is 123 cm³/mol. The topological polar surface area (TPSA) is 82.0 Å². The third-order valence-corrected chi connectivity index (χ3v) is 5.79. The smallest absolute Gasteiger partial charge is 0.270 e. The summed E-state index contributed by atoms with van der Waals surface area (Å²) in [4.78, 5) is 38.7. The van der Waals surface area contributed by atoms with Gasteiger partial charge in [-0.1, -0.05) is 44.2 Å². The maximum absolute atomic E-state index is 13.1. The number of anilines is 1. The third kappa shape index (κ3) is 4.95. The van der Waals surface area contributed by atoms with Gasteiger partial charge in [-0.2, -0.15) is 5.10 Å². The zero-order chi connectivity index (χ0) is 22.7. The van der Waals surface area contributed by atoms with Crippen LogP contribution in [0.25, 0.3) is 0 Å². The molecule has 1 saturated heterocycles. The Morgan fingerprint density at radius 1 is 1.03 bits per heavy atom. The van der Waals surface area contributed by atoms with Crippen molar-refractivity contribution in [3.63, 3.8) is 0 Å². The molecule has 0 aliphatic carbocycles. The van der Waals surface area contributed by atoms with Crippen LogP contribution in [0.4, 0.5) is 5.82 Å². The van der Waals surface area contributed by atoms with E-state index in [9.17, 15) is 9.59 Å². The summed E-state index contributed by atoms with van der Waals surface area (Å²) in [5.74, 6) is 1.91. The Labute approximate surface area is 188 Å². The number of hydrazone groups is 1. The zero-order valence-electron chi connectivity index (χ0n) is 19.0.